The molecular weight excluding hydrogens is 212 g/mol. The van der Waals surface area contributed by atoms with Crippen LogP contribution in [-0.2, 0) is 13.6 Å². The second-order valence-electron chi connectivity index (χ2n) is 5.62. The summed E-state index contributed by atoms with van der Waals surface area (Å²) in [5, 5.41) is 7.94. The van der Waals surface area contributed by atoms with E-state index in [0.717, 1.165) is 18.4 Å². The minimum absolute atomic E-state index is 0.876. The van der Waals surface area contributed by atoms with Crippen molar-refractivity contribution in [2.75, 3.05) is 26.2 Å². The van der Waals surface area contributed by atoms with Crippen molar-refractivity contribution in [1.29, 1.82) is 0 Å². The van der Waals surface area contributed by atoms with Gasteiger partial charge in [0.2, 0.25) is 0 Å². The van der Waals surface area contributed by atoms with Crippen molar-refractivity contribution >= 4 is 0 Å². The number of hydrogen-bond acceptors (Lipinski definition) is 3. The molecule has 1 aromatic heterocycles. The van der Waals surface area contributed by atoms with Crippen LogP contribution in [0, 0.1) is 18.8 Å². The fourth-order valence-electron chi connectivity index (χ4n) is 3.30. The molecular formula is C13H22N4. The molecule has 94 valence electrons. The molecule has 4 heteroatoms. The van der Waals surface area contributed by atoms with E-state index in [0.29, 0.717) is 0 Å². The summed E-state index contributed by atoms with van der Waals surface area (Å²) in [6.07, 6.45) is 3.52. The molecule has 2 atom stereocenters. The third kappa shape index (κ3) is 2.24. The Hall–Kier alpha value is -0.870. The third-order valence-electron chi connectivity index (χ3n) is 4.30. The van der Waals surface area contributed by atoms with Gasteiger partial charge in [-0.05, 0) is 44.8 Å². The van der Waals surface area contributed by atoms with Gasteiger partial charge in [0.05, 0.1) is 5.69 Å². The largest absolute Gasteiger partial charge is 0.316 e. The van der Waals surface area contributed by atoms with Crippen LogP contribution in [0.15, 0.2) is 6.20 Å². The lowest BCUT2D eigenvalue weighted by atomic mass is 9.88. The Kier molecular flexibility index (Phi) is 2.92. The first kappa shape index (κ1) is 11.2. The molecule has 0 radical (unpaired) electrons. The van der Waals surface area contributed by atoms with Crippen molar-refractivity contribution in [2.45, 2.75) is 19.9 Å². The predicted octanol–water partition coefficient (Wildman–Crippen LogP) is 0.770. The van der Waals surface area contributed by atoms with Crippen LogP contribution < -0.4 is 5.32 Å². The van der Waals surface area contributed by atoms with Gasteiger partial charge in [-0.25, -0.2) is 0 Å². The highest BCUT2D eigenvalue weighted by Gasteiger charge is 2.32. The van der Waals surface area contributed by atoms with E-state index >= 15 is 0 Å². The Balaban J connectivity index is 1.64. The quantitative estimate of drug-likeness (QED) is 0.820. The number of likely N-dealkylation sites (tertiary alicyclic amines) is 1. The summed E-state index contributed by atoms with van der Waals surface area (Å²) in [6.45, 7) is 8.14. The van der Waals surface area contributed by atoms with Crippen LogP contribution in [0.1, 0.15) is 17.7 Å². The number of piperidine rings is 1. The van der Waals surface area contributed by atoms with Crippen LogP contribution in [0.4, 0.5) is 0 Å². The van der Waals surface area contributed by atoms with E-state index in [1.54, 1.807) is 0 Å². The second-order valence-corrected chi connectivity index (χ2v) is 5.62. The first-order valence-electron chi connectivity index (χ1n) is 6.64. The number of hydrogen-bond donors (Lipinski definition) is 1. The van der Waals surface area contributed by atoms with Crippen molar-refractivity contribution in [2.24, 2.45) is 18.9 Å². The number of nitrogens with one attached hydrogen (secondary N) is 1. The molecule has 3 rings (SSSR count). The van der Waals surface area contributed by atoms with Gasteiger partial charge >= 0.3 is 0 Å². The molecule has 17 heavy (non-hydrogen) atoms. The van der Waals surface area contributed by atoms with Gasteiger partial charge in [0.1, 0.15) is 0 Å². The van der Waals surface area contributed by atoms with Crippen molar-refractivity contribution in [3.05, 3.63) is 17.5 Å². The number of aryl methyl sites for hydroxylation is 2. The highest BCUT2D eigenvalue weighted by atomic mass is 15.3. The van der Waals surface area contributed by atoms with Crippen LogP contribution in [0.5, 0.6) is 0 Å². The standard InChI is InChI=1S/C13H22N4/c1-10-13(7-16(2)15-10)9-17-4-3-11-5-14-6-12(11)8-17/h7,11-12,14H,3-6,8-9H2,1-2H3. The van der Waals surface area contributed by atoms with E-state index < -0.39 is 0 Å². The molecule has 2 aliphatic rings. The second kappa shape index (κ2) is 4.42. The van der Waals surface area contributed by atoms with Gasteiger partial charge in [-0.15, -0.1) is 0 Å². The molecule has 0 saturated carbocycles. The number of fused-ring (bicyclic) bond motifs is 1. The molecule has 4 nitrogen and oxygen atoms in total. The maximum atomic E-state index is 4.42. The van der Waals surface area contributed by atoms with Crippen molar-refractivity contribution in [3.8, 4) is 0 Å². The molecule has 2 saturated heterocycles. The van der Waals surface area contributed by atoms with Crippen LogP contribution in [0.3, 0.4) is 0 Å². The third-order valence-corrected chi connectivity index (χ3v) is 4.30. The highest BCUT2D eigenvalue weighted by Crippen LogP contribution is 2.27. The number of rotatable bonds is 2. The monoisotopic (exact) mass is 234 g/mol. The molecule has 0 amide bonds. The zero-order valence-corrected chi connectivity index (χ0v) is 10.8. The van der Waals surface area contributed by atoms with E-state index in [1.165, 1.54) is 43.9 Å². The van der Waals surface area contributed by atoms with Gasteiger partial charge in [-0.2, -0.15) is 5.10 Å². The Morgan fingerprint density at radius 2 is 2.24 bits per heavy atom. The van der Waals surface area contributed by atoms with Crippen LogP contribution in [-0.4, -0.2) is 40.9 Å². The van der Waals surface area contributed by atoms with Gasteiger partial charge in [0.15, 0.2) is 0 Å². The molecule has 0 spiro atoms. The van der Waals surface area contributed by atoms with E-state index in [1.807, 2.05) is 11.7 Å². The van der Waals surface area contributed by atoms with E-state index in [9.17, 15) is 0 Å². The van der Waals surface area contributed by atoms with E-state index in [2.05, 4.69) is 28.4 Å². The molecule has 3 heterocycles. The lowest BCUT2D eigenvalue weighted by Gasteiger charge is -2.34. The SMILES string of the molecule is Cc1nn(C)cc1CN1CCC2CNCC2C1. The fourth-order valence-corrected chi connectivity index (χ4v) is 3.30. The first-order valence-corrected chi connectivity index (χ1v) is 6.64. The summed E-state index contributed by atoms with van der Waals surface area (Å²) < 4.78 is 1.93. The smallest absolute Gasteiger partial charge is 0.0638 e. The summed E-state index contributed by atoms with van der Waals surface area (Å²) in [4.78, 5) is 2.60. The van der Waals surface area contributed by atoms with Gasteiger partial charge < -0.3 is 5.32 Å². The molecule has 1 N–H and O–H groups in total. The normalized spacial score (nSPS) is 29.5. The Labute approximate surface area is 103 Å². The zero-order valence-electron chi connectivity index (χ0n) is 10.8. The molecule has 0 aliphatic carbocycles. The summed E-state index contributed by atoms with van der Waals surface area (Å²) in [5.74, 6) is 1.81. The van der Waals surface area contributed by atoms with Gasteiger partial charge in [0.25, 0.3) is 0 Å². The Morgan fingerprint density at radius 3 is 3.00 bits per heavy atom. The van der Waals surface area contributed by atoms with Crippen molar-refractivity contribution < 1.29 is 0 Å². The first-order chi connectivity index (χ1) is 8.22. The summed E-state index contributed by atoms with van der Waals surface area (Å²) in [5.41, 5.74) is 2.57. The predicted molar refractivity (Wildman–Crippen MR) is 67.7 cm³/mol. The molecule has 2 aliphatic heterocycles. The highest BCUT2D eigenvalue weighted by molar-refractivity contribution is 5.15. The van der Waals surface area contributed by atoms with Crippen molar-refractivity contribution in [1.82, 2.24) is 20.0 Å². The lowest BCUT2D eigenvalue weighted by molar-refractivity contribution is 0.142. The maximum absolute atomic E-state index is 4.42. The number of aromatic nitrogens is 2. The van der Waals surface area contributed by atoms with Crippen molar-refractivity contribution in [3.63, 3.8) is 0 Å². The maximum Gasteiger partial charge on any atom is 0.0638 e. The number of nitrogens with zero attached hydrogens (tertiary/aromatic N) is 3. The minimum atomic E-state index is 0.876. The van der Waals surface area contributed by atoms with E-state index in [4.69, 9.17) is 0 Å². The van der Waals surface area contributed by atoms with Crippen LogP contribution in [0.2, 0.25) is 0 Å². The zero-order chi connectivity index (χ0) is 11.8. The molecule has 1 aromatic rings. The molecule has 0 bridgehead atoms. The van der Waals surface area contributed by atoms with Gasteiger partial charge in [-0.3, -0.25) is 9.58 Å². The average Bonchev–Trinajstić information content (AvgIpc) is 2.85. The molecule has 2 fully saturated rings. The Morgan fingerprint density at radius 1 is 1.41 bits per heavy atom. The summed E-state index contributed by atoms with van der Waals surface area (Å²) in [7, 11) is 2.00. The molecule has 0 aromatic carbocycles. The van der Waals surface area contributed by atoms with Crippen LogP contribution in [0.25, 0.3) is 0 Å². The molecule has 2 unspecified atom stereocenters. The van der Waals surface area contributed by atoms with E-state index in [-0.39, 0.29) is 0 Å². The van der Waals surface area contributed by atoms with Gasteiger partial charge in [0, 0.05) is 31.9 Å². The minimum Gasteiger partial charge on any atom is -0.316 e. The Bertz CT molecular complexity index is 398. The lowest BCUT2D eigenvalue weighted by Crippen LogP contribution is -2.39. The van der Waals surface area contributed by atoms with Crippen LogP contribution >= 0.6 is 0 Å². The topological polar surface area (TPSA) is 33.1 Å². The van der Waals surface area contributed by atoms with Gasteiger partial charge in [-0.1, -0.05) is 0 Å². The summed E-state index contributed by atoms with van der Waals surface area (Å²) in [6, 6.07) is 0. The fraction of sp³-hybridized carbons (Fsp3) is 0.769. The average molecular weight is 234 g/mol. The summed E-state index contributed by atoms with van der Waals surface area (Å²) >= 11 is 0.